The van der Waals surface area contributed by atoms with E-state index < -0.39 is 10.7 Å². The molecular weight excluding hydrogens is 251 g/mol. The zero-order chi connectivity index (χ0) is 14.0. The summed E-state index contributed by atoms with van der Waals surface area (Å²) in [5.41, 5.74) is 0.759. The molecule has 7 heteroatoms. The van der Waals surface area contributed by atoms with Crippen LogP contribution in [-0.4, -0.2) is 14.5 Å². The van der Waals surface area contributed by atoms with Crippen molar-refractivity contribution in [3.8, 4) is 6.07 Å². The maximum absolute atomic E-state index is 13.3. The molecule has 0 aliphatic rings. The zero-order valence-electron chi connectivity index (χ0n) is 10.00. The third-order valence-corrected chi connectivity index (χ3v) is 2.59. The van der Waals surface area contributed by atoms with Crippen molar-refractivity contribution >= 4 is 5.82 Å². The Morgan fingerprint density at radius 2 is 2.26 bits per heavy atom. The lowest BCUT2D eigenvalue weighted by molar-refractivity contribution is -0.389. The first-order valence-electron chi connectivity index (χ1n) is 5.37. The molecule has 0 unspecified atom stereocenters. The Bertz CT molecular complexity index is 688. The molecule has 1 heterocycles. The third kappa shape index (κ3) is 2.74. The van der Waals surface area contributed by atoms with Gasteiger partial charge in [0.1, 0.15) is 12.0 Å². The number of hydrogen-bond donors (Lipinski definition) is 0. The molecule has 0 N–H and O–H groups in total. The molecule has 0 aliphatic heterocycles. The van der Waals surface area contributed by atoms with E-state index in [1.54, 1.807) is 6.92 Å². The van der Waals surface area contributed by atoms with E-state index in [0.29, 0.717) is 11.4 Å². The summed E-state index contributed by atoms with van der Waals surface area (Å²) >= 11 is 0. The average Bonchev–Trinajstić information content (AvgIpc) is 2.70. The van der Waals surface area contributed by atoms with Crippen molar-refractivity contribution in [2.24, 2.45) is 0 Å². The van der Waals surface area contributed by atoms with Crippen molar-refractivity contribution in [1.82, 2.24) is 9.55 Å². The molecular formula is C12H9FN4O2. The Balaban J connectivity index is 2.33. The van der Waals surface area contributed by atoms with Crippen molar-refractivity contribution in [2.75, 3.05) is 0 Å². The molecule has 0 saturated heterocycles. The van der Waals surface area contributed by atoms with E-state index in [1.807, 2.05) is 6.07 Å². The number of halogens is 1. The molecule has 2 rings (SSSR count). The van der Waals surface area contributed by atoms with Gasteiger partial charge in [0.2, 0.25) is 5.82 Å². The first kappa shape index (κ1) is 12.7. The predicted octanol–water partition coefficient (Wildman–Crippen LogP) is 2.16. The highest BCUT2D eigenvalue weighted by Gasteiger charge is 2.15. The summed E-state index contributed by atoms with van der Waals surface area (Å²) in [4.78, 5) is 13.8. The van der Waals surface area contributed by atoms with Crippen LogP contribution >= 0.6 is 0 Å². The zero-order valence-corrected chi connectivity index (χ0v) is 10.00. The molecule has 0 aliphatic carbocycles. The molecule has 0 bridgehead atoms. The van der Waals surface area contributed by atoms with E-state index in [-0.39, 0.29) is 17.9 Å². The van der Waals surface area contributed by atoms with Gasteiger partial charge in [0, 0.05) is 6.92 Å². The van der Waals surface area contributed by atoms with E-state index in [0.717, 1.165) is 6.07 Å². The lowest BCUT2D eigenvalue weighted by atomic mass is 10.1. The van der Waals surface area contributed by atoms with Crippen molar-refractivity contribution in [2.45, 2.75) is 13.5 Å². The van der Waals surface area contributed by atoms with Gasteiger partial charge in [-0.3, -0.25) is 0 Å². The number of benzene rings is 1. The number of aromatic nitrogens is 2. The van der Waals surface area contributed by atoms with Crippen LogP contribution in [0.4, 0.5) is 10.2 Å². The maximum Gasteiger partial charge on any atom is 0.381 e. The van der Waals surface area contributed by atoms with E-state index in [4.69, 9.17) is 5.26 Å². The molecule has 0 fully saturated rings. The normalized spacial score (nSPS) is 10.2. The number of nitro groups is 1. The molecule has 0 spiro atoms. The van der Waals surface area contributed by atoms with Gasteiger partial charge >= 0.3 is 5.82 Å². The van der Waals surface area contributed by atoms with Crippen LogP contribution in [0.15, 0.2) is 24.4 Å². The molecule has 0 saturated carbocycles. The van der Waals surface area contributed by atoms with Crippen LogP contribution < -0.4 is 0 Å². The van der Waals surface area contributed by atoms with Crippen molar-refractivity contribution in [3.63, 3.8) is 0 Å². The first-order chi connectivity index (χ1) is 8.99. The topological polar surface area (TPSA) is 84.8 Å². The molecule has 19 heavy (non-hydrogen) atoms. The Morgan fingerprint density at radius 3 is 2.84 bits per heavy atom. The van der Waals surface area contributed by atoms with Gasteiger partial charge in [-0.1, -0.05) is 0 Å². The van der Waals surface area contributed by atoms with Gasteiger partial charge in [-0.25, -0.2) is 4.39 Å². The van der Waals surface area contributed by atoms with Gasteiger partial charge in [0.25, 0.3) is 0 Å². The molecule has 6 nitrogen and oxygen atoms in total. The lowest BCUT2D eigenvalue weighted by Crippen LogP contribution is -2.01. The van der Waals surface area contributed by atoms with E-state index in [2.05, 4.69) is 4.98 Å². The quantitative estimate of drug-likeness (QED) is 0.625. The first-order valence-corrected chi connectivity index (χ1v) is 5.37. The second-order valence-electron chi connectivity index (χ2n) is 3.99. The standard InChI is InChI=1S/C12H9FN4O2/c1-8-15-12(17(18)19)7-16(8)6-10-2-9(5-14)3-11(13)4-10/h2-4,7H,6H2,1H3. The molecule has 1 aromatic heterocycles. The second-order valence-corrected chi connectivity index (χ2v) is 3.99. The fraction of sp³-hybridized carbons (Fsp3) is 0.167. The number of rotatable bonds is 3. The summed E-state index contributed by atoms with van der Waals surface area (Å²) < 4.78 is 14.8. The second kappa shape index (κ2) is 4.86. The summed E-state index contributed by atoms with van der Waals surface area (Å²) in [6.45, 7) is 1.84. The van der Waals surface area contributed by atoms with E-state index in [9.17, 15) is 14.5 Å². The summed E-state index contributed by atoms with van der Waals surface area (Å²) in [7, 11) is 0. The summed E-state index contributed by atoms with van der Waals surface area (Å²) in [6.07, 6.45) is 1.28. The molecule has 0 radical (unpaired) electrons. The molecule has 0 atom stereocenters. The van der Waals surface area contributed by atoms with Crippen LogP contribution in [0.5, 0.6) is 0 Å². The van der Waals surface area contributed by atoms with Gasteiger partial charge in [-0.15, -0.1) is 0 Å². The fourth-order valence-corrected chi connectivity index (χ4v) is 1.74. The van der Waals surface area contributed by atoms with Crippen molar-refractivity contribution in [3.05, 3.63) is 57.3 Å². The molecule has 1 aromatic carbocycles. The Morgan fingerprint density at radius 1 is 1.53 bits per heavy atom. The fourth-order valence-electron chi connectivity index (χ4n) is 1.74. The van der Waals surface area contributed by atoms with Crippen LogP contribution in [0.1, 0.15) is 17.0 Å². The maximum atomic E-state index is 13.3. The highest BCUT2D eigenvalue weighted by atomic mass is 19.1. The molecule has 2 aromatic rings. The summed E-state index contributed by atoms with van der Waals surface area (Å²) in [5.74, 6) is -0.315. The van der Waals surface area contributed by atoms with Crippen molar-refractivity contribution < 1.29 is 9.31 Å². The Hall–Kier alpha value is -2.75. The minimum absolute atomic E-state index is 0.210. The van der Waals surface area contributed by atoms with Crippen LogP contribution in [0.3, 0.4) is 0 Å². The molecule has 0 amide bonds. The predicted molar refractivity (Wildman–Crippen MR) is 63.8 cm³/mol. The van der Waals surface area contributed by atoms with Gasteiger partial charge in [0.05, 0.1) is 18.2 Å². The third-order valence-electron chi connectivity index (χ3n) is 2.59. The van der Waals surface area contributed by atoms with Gasteiger partial charge < -0.3 is 14.7 Å². The van der Waals surface area contributed by atoms with Crippen molar-refractivity contribution in [1.29, 1.82) is 5.26 Å². The highest BCUT2D eigenvalue weighted by molar-refractivity contribution is 5.34. The van der Waals surface area contributed by atoms with Crippen LogP contribution in [0.2, 0.25) is 0 Å². The van der Waals surface area contributed by atoms with Gasteiger partial charge in [-0.2, -0.15) is 5.26 Å². The SMILES string of the molecule is Cc1nc([N+](=O)[O-])cn1Cc1cc(F)cc(C#N)c1. The number of imidazole rings is 1. The monoisotopic (exact) mass is 260 g/mol. The van der Waals surface area contributed by atoms with E-state index in [1.165, 1.54) is 22.9 Å². The summed E-state index contributed by atoms with van der Waals surface area (Å²) in [6, 6.07) is 5.81. The van der Waals surface area contributed by atoms with Crippen LogP contribution in [0, 0.1) is 34.2 Å². The molecule has 96 valence electrons. The largest absolute Gasteiger partial charge is 0.381 e. The van der Waals surface area contributed by atoms with E-state index >= 15 is 0 Å². The minimum atomic E-state index is -0.588. The number of aryl methyl sites for hydroxylation is 1. The lowest BCUT2D eigenvalue weighted by Gasteiger charge is -2.03. The van der Waals surface area contributed by atoms with Crippen LogP contribution in [-0.2, 0) is 6.54 Å². The Labute approximate surface area is 107 Å². The Kier molecular flexibility index (Phi) is 3.25. The minimum Gasteiger partial charge on any atom is -0.358 e. The van der Waals surface area contributed by atoms with Gasteiger partial charge in [0.15, 0.2) is 0 Å². The number of nitrogens with zero attached hydrogens (tertiary/aromatic N) is 4. The average molecular weight is 260 g/mol. The summed E-state index contributed by atoms with van der Waals surface area (Å²) in [5, 5.41) is 19.4. The van der Waals surface area contributed by atoms with Gasteiger partial charge in [-0.05, 0) is 33.7 Å². The number of nitriles is 1. The number of hydrogen-bond acceptors (Lipinski definition) is 4. The highest BCUT2D eigenvalue weighted by Crippen LogP contribution is 2.15. The smallest absolute Gasteiger partial charge is 0.358 e. The van der Waals surface area contributed by atoms with Crippen LogP contribution in [0.25, 0.3) is 0 Å².